The summed E-state index contributed by atoms with van der Waals surface area (Å²) in [6.45, 7) is 0. The summed E-state index contributed by atoms with van der Waals surface area (Å²) < 4.78 is 14.3. The van der Waals surface area contributed by atoms with Crippen molar-refractivity contribution in [2.75, 3.05) is 0 Å². The average molecular weight is 311 g/mol. The first-order chi connectivity index (χ1) is 8.65. The molecule has 18 heavy (non-hydrogen) atoms. The van der Waals surface area contributed by atoms with Gasteiger partial charge in [0.1, 0.15) is 5.82 Å². The lowest BCUT2D eigenvalue weighted by molar-refractivity contribution is -0.114. The normalized spacial score (nSPS) is 15.6. The number of halogens is 2. The van der Waals surface area contributed by atoms with Gasteiger partial charge in [-0.3, -0.25) is 4.79 Å². The Morgan fingerprint density at radius 1 is 1.28 bits per heavy atom. The van der Waals surface area contributed by atoms with Gasteiger partial charge in [0.05, 0.1) is 0 Å². The Balaban J connectivity index is 2.04. The largest absolute Gasteiger partial charge is 0.294 e. The Morgan fingerprint density at radius 2 is 2.00 bits per heavy atom. The number of hydrogen-bond donors (Lipinski definition) is 0. The maximum Gasteiger partial charge on any atom is 0.160 e. The van der Waals surface area contributed by atoms with E-state index in [2.05, 4.69) is 15.9 Å². The molecular formula is C15H16BrFO. The molecule has 0 heterocycles. The van der Waals surface area contributed by atoms with Crippen molar-refractivity contribution in [2.24, 2.45) is 0 Å². The zero-order valence-corrected chi connectivity index (χ0v) is 11.8. The first-order valence-electron chi connectivity index (χ1n) is 6.31. The zero-order chi connectivity index (χ0) is 13.0. The Labute approximate surface area is 115 Å². The van der Waals surface area contributed by atoms with E-state index < -0.39 is 0 Å². The summed E-state index contributed by atoms with van der Waals surface area (Å²) in [5.41, 5.74) is 1.68. The maximum absolute atomic E-state index is 13.5. The minimum absolute atomic E-state index is 0.00361. The Bertz CT molecular complexity index is 471. The van der Waals surface area contributed by atoms with Crippen LogP contribution in [0.3, 0.4) is 0 Å². The molecule has 0 unspecified atom stereocenters. The van der Waals surface area contributed by atoms with Crippen LogP contribution in [0.1, 0.15) is 37.7 Å². The molecule has 1 nitrogen and oxygen atoms in total. The second-order valence-corrected chi connectivity index (χ2v) is 5.66. The predicted molar refractivity (Wildman–Crippen MR) is 74.0 cm³/mol. The van der Waals surface area contributed by atoms with Crippen molar-refractivity contribution in [3.63, 3.8) is 0 Å². The van der Waals surface area contributed by atoms with Gasteiger partial charge in [0.25, 0.3) is 0 Å². The molecule has 1 aromatic rings. The second-order valence-electron chi connectivity index (χ2n) is 4.74. The Morgan fingerprint density at radius 3 is 2.72 bits per heavy atom. The lowest BCUT2D eigenvalue weighted by Gasteiger charge is -2.12. The van der Waals surface area contributed by atoms with E-state index in [1.165, 1.54) is 30.9 Å². The van der Waals surface area contributed by atoms with Gasteiger partial charge >= 0.3 is 0 Å². The molecule has 0 amide bonds. The smallest absolute Gasteiger partial charge is 0.160 e. The summed E-state index contributed by atoms with van der Waals surface area (Å²) in [5.74, 6) is -0.308. The van der Waals surface area contributed by atoms with Crippen LogP contribution >= 0.6 is 15.9 Å². The molecule has 3 heteroatoms. The van der Waals surface area contributed by atoms with Gasteiger partial charge in [-0.25, -0.2) is 4.39 Å². The van der Waals surface area contributed by atoms with Crippen LogP contribution < -0.4 is 0 Å². The number of allylic oxidation sites excluding steroid dienone is 2. The van der Waals surface area contributed by atoms with E-state index in [0.29, 0.717) is 5.56 Å². The fourth-order valence-corrected chi connectivity index (χ4v) is 2.70. The van der Waals surface area contributed by atoms with Gasteiger partial charge in [0.2, 0.25) is 0 Å². The molecule has 0 atom stereocenters. The predicted octanol–water partition coefficient (Wildman–Crippen LogP) is 4.59. The lowest BCUT2D eigenvalue weighted by Crippen LogP contribution is -2.04. The molecule has 0 aromatic heterocycles. The lowest BCUT2D eigenvalue weighted by atomic mass is 9.93. The van der Waals surface area contributed by atoms with E-state index in [9.17, 15) is 9.18 Å². The van der Waals surface area contributed by atoms with Gasteiger partial charge in [-0.1, -0.05) is 27.9 Å². The topological polar surface area (TPSA) is 17.1 Å². The summed E-state index contributed by atoms with van der Waals surface area (Å²) in [7, 11) is 0. The molecule has 0 bridgehead atoms. The van der Waals surface area contributed by atoms with Crippen molar-refractivity contribution in [3.05, 3.63) is 45.7 Å². The highest BCUT2D eigenvalue weighted by molar-refractivity contribution is 9.10. The molecule has 1 aliphatic rings. The summed E-state index contributed by atoms with van der Waals surface area (Å²) in [6.07, 6.45) is 7.51. The zero-order valence-electron chi connectivity index (χ0n) is 10.2. The highest BCUT2D eigenvalue weighted by Gasteiger charge is 2.10. The molecule has 2 rings (SSSR count). The van der Waals surface area contributed by atoms with E-state index in [4.69, 9.17) is 0 Å². The van der Waals surface area contributed by atoms with Crippen LogP contribution in [0.15, 0.2) is 34.3 Å². The average Bonchev–Trinajstić information content (AvgIpc) is 2.35. The minimum atomic E-state index is -0.311. The van der Waals surface area contributed by atoms with Crippen molar-refractivity contribution < 1.29 is 9.18 Å². The van der Waals surface area contributed by atoms with Gasteiger partial charge in [0, 0.05) is 10.9 Å². The second kappa shape index (κ2) is 6.28. The van der Waals surface area contributed by atoms with Crippen molar-refractivity contribution in [1.82, 2.24) is 0 Å². The summed E-state index contributed by atoms with van der Waals surface area (Å²) in [6, 6.07) is 4.70. The first-order valence-corrected chi connectivity index (χ1v) is 7.10. The summed E-state index contributed by atoms with van der Waals surface area (Å²) in [4.78, 5) is 11.9. The highest BCUT2D eigenvalue weighted by Crippen LogP contribution is 2.23. The quantitative estimate of drug-likeness (QED) is 0.746. The van der Waals surface area contributed by atoms with E-state index in [0.717, 1.165) is 17.3 Å². The number of ketones is 1. The molecule has 0 aliphatic heterocycles. The standard InChI is InChI=1S/C15H16BrFO/c16-13-6-7-15(17)12(9-13)10-14(18)8-11-4-2-1-3-5-11/h6-9H,1-5,10H2. The molecule has 1 aromatic carbocycles. The van der Waals surface area contributed by atoms with Crippen LogP contribution in [-0.4, -0.2) is 5.78 Å². The van der Waals surface area contributed by atoms with E-state index in [1.54, 1.807) is 18.2 Å². The van der Waals surface area contributed by atoms with Crippen LogP contribution in [0.2, 0.25) is 0 Å². The van der Waals surface area contributed by atoms with Gasteiger partial charge in [-0.15, -0.1) is 0 Å². The molecule has 96 valence electrons. The van der Waals surface area contributed by atoms with Crippen molar-refractivity contribution in [2.45, 2.75) is 38.5 Å². The van der Waals surface area contributed by atoms with Crippen LogP contribution in [-0.2, 0) is 11.2 Å². The number of rotatable bonds is 3. The van der Waals surface area contributed by atoms with E-state index in [-0.39, 0.29) is 18.0 Å². The number of hydrogen-bond acceptors (Lipinski definition) is 1. The molecule has 0 radical (unpaired) electrons. The minimum Gasteiger partial charge on any atom is -0.294 e. The molecule has 1 aliphatic carbocycles. The molecule has 1 saturated carbocycles. The summed E-state index contributed by atoms with van der Waals surface area (Å²) in [5, 5.41) is 0. The monoisotopic (exact) mass is 310 g/mol. The molecule has 0 spiro atoms. The van der Waals surface area contributed by atoms with Gasteiger partial charge in [-0.05, 0) is 55.5 Å². The van der Waals surface area contributed by atoms with Gasteiger partial charge < -0.3 is 0 Å². The SMILES string of the molecule is O=C(C=C1CCCCC1)Cc1cc(Br)ccc1F. The Hall–Kier alpha value is -0.960. The van der Waals surface area contributed by atoms with Crippen molar-refractivity contribution in [1.29, 1.82) is 0 Å². The first kappa shape index (κ1) is 13.5. The number of benzene rings is 1. The maximum atomic E-state index is 13.5. The number of carbonyl (C=O) groups is 1. The molecule has 1 fully saturated rings. The van der Waals surface area contributed by atoms with Crippen LogP contribution in [0.4, 0.5) is 4.39 Å². The molecule has 0 N–H and O–H groups in total. The Kier molecular flexibility index (Phi) is 4.70. The van der Waals surface area contributed by atoms with Crippen molar-refractivity contribution >= 4 is 21.7 Å². The highest BCUT2D eigenvalue weighted by atomic mass is 79.9. The fourth-order valence-electron chi connectivity index (χ4n) is 2.30. The third kappa shape index (κ3) is 3.77. The van der Waals surface area contributed by atoms with Gasteiger partial charge in [-0.2, -0.15) is 0 Å². The van der Waals surface area contributed by atoms with Crippen LogP contribution in [0, 0.1) is 5.82 Å². The third-order valence-electron chi connectivity index (χ3n) is 3.23. The van der Waals surface area contributed by atoms with Crippen LogP contribution in [0.5, 0.6) is 0 Å². The van der Waals surface area contributed by atoms with E-state index in [1.807, 2.05) is 0 Å². The van der Waals surface area contributed by atoms with Crippen molar-refractivity contribution in [3.8, 4) is 0 Å². The summed E-state index contributed by atoms with van der Waals surface area (Å²) >= 11 is 3.29. The molecule has 0 saturated heterocycles. The van der Waals surface area contributed by atoms with E-state index >= 15 is 0 Å². The van der Waals surface area contributed by atoms with Crippen LogP contribution in [0.25, 0.3) is 0 Å². The third-order valence-corrected chi connectivity index (χ3v) is 3.73. The van der Waals surface area contributed by atoms with Gasteiger partial charge in [0.15, 0.2) is 5.78 Å². The molecular weight excluding hydrogens is 295 g/mol. The fraction of sp³-hybridized carbons (Fsp3) is 0.400. The number of carbonyl (C=O) groups excluding carboxylic acids is 1.